The molecular formula is C33H49N7O11S2. The van der Waals surface area contributed by atoms with Crippen LogP contribution >= 0.6 is 0 Å². The van der Waals surface area contributed by atoms with E-state index in [2.05, 4.69) is 37.0 Å². The number of carbonyl (C=O) groups excluding carboxylic acids is 3. The zero-order chi connectivity index (χ0) is 39.2. The van der Waals surface area contributed by atoms with Gasteiger partial charge in [-0.3, -0.25) is 23.7 Å². The number of pyridine rings is 1. The van der Waals surface area contributed by atoms with Crippen molar-refractivity contribution in [3.05, 3.63) is 46.6 Å². The molecule has 3 amide bonds. The molecule has 2 atom stereocenters. The number of hydrogen-bond acceptors (Lipinski definition) is 12. The number of hydrogen-bond donors (Lipinski definition) is 8. The lowest BCUT2D eigenvalue weighted by Gasteiger charge is -2.19. The Hall–Kier alpha value is -4.37. The third-order valence-electron chi connectivity index (χ3n) is 8.13. The van der Waals surface area contributed by atoms with E-state index in [0.29, 0.717) is 42.6 Å². The van der Waals surface area contributed by atoms with Crippen molar-refractivity contribution in [2.75, 3.05) is 43.9 Å². The van der Waals surface area contributed by atoms with E-state index >= 15 is 0 Å². The third kappa shape index (κ3) is 14.9. The zero-order valence-electron chi connectivity index (χ0n) is 29.8. The fourth-order valence-corrected chi connectivity index (χ4v) is 7.83. The number of sulfonamides is 1. The molecule has 20 heteroatoms. The van der Waals surface area contributed by atoms with Crippen LogP contribution in [0.5, 0.6) is 5.75 Å². The molecule has 0 radical (unpaired) electrons. The number of carbonyl (C=O) groups is 4. The number of anilines is 1. The number of carboxylic acid groups (broad SMARTS) is 1. The van der Waals surface area contributed by atoms with Gasteiger partial charge in [0.05, 0.1) is 17.3 Å². The summed E-state index contributed by atoms with van der Waals surface area (Å²) in [5.74, 6) is -2.68. The van der Waals surface area contributed by atoms with Gasteiger partial charge in [0.2, 0.25) is 27.7 Å². The predicted octanol–water partition coefficient (Wildman–Crippen LogP) is -0.0763. The van der Waals surface area contributed by atoms with Gasteiger partial charge in [0, 0.05) is 44.7 Å². The highest BCUT2D eigenvalue weighted by molar-refractivity contribution is 7.89. The van der Waals surface area contributed by atoms with Crippen LogP contribution in [0.2, 0.25) is 0 Å². The number of unbranched alkanes of at least 4 members (excludes halogenated alkanes) is 1. The number of amides is 3. The first-order valence-electron chi connectivity index (χ1n) is 17.2. The Bertz CT molecular complexity index is 1820. The molecule has 2 heterocycles. The van der Waals surface area contributed by atoms with Gasteiger partial charge in [-0.15, -0.1) is 0 Å². The normalized spacial score (nSPS) is 13.9. The molecule has 3 rings (SSSR count). The van der Waals surface area contributed by atoms with Gasteiger partial charge in [0.1, 0.15) is 23.7 Å². The van der Waals surface area contributed by atoms with E-state index < -0.39 is 62.3 Å². The van der Waals surface area contributed by atoms with Crippen LogP contribution in [0.1, 0.15) is 60.9 Å². The highest BCUT2D eigenvalue weighted by Gasteiger charge is 2.28. The summed E-state index contributed by atoms with van der Waals surface area (Å²) in [6.07, 6.45) is 4.52. The van der Waals surface area contributed by atoms with Crippen molar-refractivity contribution in [3.63, 3.8) is 0 Å². The Morgan fingerprint density at radius 1 is 0.962 bits per heavy atom. The summed E-state index contributed by atoms with van der Waals surface area (Å²) < 4.78 is 64.9. The maximum atomic E-state index is 13.3. The Labute approximate surface area is 309 Å². The number of aryl methyl sites for hydroxylation is 4. The molecule has 0 saturated heterocycles. The molecule has 18 nitrogen and oxygen atoms in total. The second-order valence-corrected chi connectivity index (χ2v) is 15.8. The van der Waals surface area contributed by atoms with Gasteiger partial charge in [0.15, 0.2) is 0 Å². The summed E-state index contributed by atoms with van der Waals surface area (Å²) in [4.78, 5) is 52.7. The Balaban J connectivity index is 1.39. The van der Waals surface area contributed by atoms with Crippen molar-refractivity contribution >= 4 is 49.7 Å². The number of nitrogens with one attached hydrogen (secondary N) is 5. The topological polar surface area (TPSA) is 285 Å². The van der Waals surface area contributed by atoms with Gasteiger partial charge in [-0.05, 0) is 87.3 Å². The molecule has 1 aromatic carbocycles. The van der Waals surface area contributed by atoms with Gasteiger partial charge in [-0.2, -0.15) is 13.1 Å². The number of aliphatic carboxylic acids is 1. The maximum absolute atomic E-state index is 13.3. The van der Waals surface area contributed by atoms with E-state index in [-0.39, 0.29) is 43.3 Å². The fraction of sp³-hybridized carbons (Fsp3) is 0.545. The summed E-state index contributed by atoms with van der Waals surface area (Å²) in [5, 5.41) is 20.4. The molecule has 1 aromatic heterocycles. The van der Waals surface area contributed by atoms with Crippen LogP contribution < -0.4 is 36.5 Å². The van der Waals surface area contributed by atoms with Crippen LogP contribution in [0.25, 0.3) is 0 Å². The summed E-state index contributed by atoms with van der Waals surface area (Å²) in [5.41, 5.74) is 8.10. The summed E-state index contributed by atoms with van der Waals surface area (Å²) in [6.45, 7) is 3.66. The first-order chi connectivity index (χ1) is 24.9. The summed E-state index contributed by atoms with van der Waals surface area (Å²) in [6, 6.07) is 3.94. The minimum absolute atomic E-state index is 0.0157. The predicted molar refractivity (Wildman–Crippen MR) is 194 cm³/mol. The van der Waals surface area contributed by atoms with Crippen LogP contribution in [0.15, 0.2) is 29.2 Å². The van der Waals surface area contributed by atoms with Crippen LogP contribution in [-0.2, 0) is 52.2 Å². The first-order valence-corrected chi connectivity index (χ1v) is 20.3. The van der Waals surface area contributed by atoms with E-state index in [1.807, 2.05) is 6.07 Å². The molecule has 294 valence electrons. The zero-order valence-corrected chi connectivity index (χ0v) is 31.4. The minimum Gasteiger partial charge on any atom is -0.494 e. The van der Waals surface area contributed by atoms with Gasteiger partial charge in [-0.25, -0.2) is 13.4 Å². The van der Waals surface area contributed by atoms with Crippen molar-refractivity contribution < 1.29 is 50.4 Å². The molecular weight excluding hydrogens is 735 g/mol. The molecule has 0 aliphatic carbocycles. The molecule has 1 aliphatic rings. The number of carboxylic acids is 1. The lowest BCUT2D eigenvalue weighted by atomic mass is 10.1. The number of nitrogens with zero attached hydrogens (tertiary/aromatic N) is 1. The maximum Gasteiger partial charge on any atom is 0.323 e. The number of ether oxygens (including phenoxy) is 1. The molecule has 1 aliphatic heterocycles. The van der Waals surface area contributed by atoms with Crippen molar-refractivity contribution in [1.82, 2.24) is 25.7 Å². The molecule has 0 spiro atoms. The average molecular weight is 784 g/mol. The number of fused-ring (bicyclic) bond motifs is 1. The molecule has 9 N–H and O–H groups in total. The molecule has 0 bridgehead atoms. The van der Waals surface area contributed by atoms with E-state index in [1.54, 1.807) is 0 Å². The van der Waals surface area contributed by atoms with Crippen LogP contribution in [0.3, 0.4) is 0 Å². The SMILES string of the molecule is Cc1cc(OCCCC(=O)NCCNC(=O)[C@@H](N)CS(=O)(=O)O)cc(C)c1S(=O)(=O)N[C@@H](CNC(=O)CCCCc1ccc2c(n1)NCCC2)C(=O)O. The number of rotatable bonds is 22. The Morgan fingerprint density at radius 3 is 2.30 bits per heavy atom. The lowest BCUT2D eigenvalue weighted by molar-refractivity contribution is -0.139. The highest BCUT2D eigenvalue weighted by Crippen LogP contribution is 2.26. The van der Waals surface area contributed by atoms with E-state index in [9.17, 15) is 41.1 Å². The molecule has 2 aromatic rings. The van der Waals surface area contributed by atoms with Gasteiger partial charge in [-0.1, -0.05) is 6.07 Å². The lowest BCUT2D eigenvalue weighted by Crippen LogP contribution is -2.48. The van der Waals surface area contributed by atoms with Crippen LogP contribution in [-0.4, -0.2) is 106 Å². The third-order valence-corrected chi connectivity index (χ3v) is 10.7. The van der Waals surface area contributed by atoms with Crippen molar-refractivity contribution in [2.24, 2.45) is 5.73 Å². The summed E-state index contributed by atoms with van der Waals surface area (Å²) in [7, 11) is -8.74. The minimum atomic E-state index is -4.41. The Kier molecular flexibility index (Phi) is 16.4. The van der Waals surface area contributed by atoms with Gasteiger partial charge in [0.25, 0.3) is 10.1 Å². The molecule has 0 saturated carbocycles. The molecule has 53 heavy (non-hydrogen) atoms. The standard InChI is InChI=1S/C33H49N7O11S2/c1-21-17-25(51-16-6-10-28(41)35-14-15-37-32(43)26(34)20-52(46,47)48)18-22(2)30(21)53(49,50)40-27(33(44)45)19-38-29(42)9-4-3-8-24-12-11-23-7-5-13-36-31(23)39-24/h11-12,17-18,26-27,40H,3-10,13-16,19-20,34H2,1-2H3,(H,35,41)(H,36,39)(H,37,43)(H,38,42)(H,44,45)(H,46,47,48)/t26-,27-/m0/s1. The van der Waals surface area contributed by atoms with Gasteiger partial charge < -0.3 is 36.8 Å². The number of benzene rings is 1. The second kappa shape index (κ2) is 20.2. The smallest absolute Gasteiger partial charge is 0.323 e. The van der Waals surface area contributed by atoms with Crippen molar-refractivity contribution in [3.8, 4) is 5.75 Å². The molecule has 0 unspecified atom stereocenters. The van der Waals surface area contributed by atoms with E-state index in [4.69, 9.17) is 15.0 Å². The van der Waals surface area contributed by atoms with E-state index in [0.717, 1.165) is 30.9 Å². The van der Waals surface area contributed by atoms with Crippen molar-refractivity contribution in [2.45, 2.75) is 82.2 Å². The van der Waals surface area contributed by atoms with E-state index in [1.165, 1.54) is 31.5 Å². The van der Waals surface area contributed by atoms with Crippen LogP contribution in [0, 0.1) is 13.8 Å². The first kappa shape index (κ1) is 43.0. The highest BCUT2D eigenvalue weighted by atomic mass is 32.2. The Morgan fingerprint density at radius 2 is 1.62 bits per heavy atom. The van der Waals surface area contributed by atoms with Crippen molar-refractivity contribution in [1.29, 1.82) is 0 Å². The fourth-order valence-electron chi connectivity index (χ4n) is 5.58. The average Bonchev–Trinajstić information content (AvgIpc) is 3.07. The number of nitrogens with two attached hydrogens (primary N) is 1. The largest absolute Gasteiger partial charge is 0.494 e. The molecule has 0 fully saturated rings. The number of aromatic nitrogens is 1. The monoisotopic (exact) mass is 783 g/mol. The summed E-state index contributed by atoms with van der Waals surface area (Å²) >= 11 is 0. The quantitative estimate of drug-likeness (QED) is 0.0573. The van der Waals surface area contributed by atoms with Crippen LogP contribution in [0.4, 0.5) is 5.82 Å². The second-order valence-electron chi connectivity index (χ2n) is 12.7. The van der Waals surface area contributed by atoms with Gasteiger partial charge >= 0.3 is 5.97 Å².